The zero-order valence-electron chi connectivity index (χ0n) is 10.2. The van der Waals surface area contributed by atoms with Crippen molar-refractivity contribution in [2.45, 2.75) is 38.8 Å². The van der Waals surface area contributed by atoms with Crippen LogP contribution in [0.15, 0.2) is 0 Å². The molecule has 1 saturated heterocycles. The second kappa shape index (κ2) is 5.84. The molecule has 0 radical (unpaired) electrons. The van der Waals surface area contributed by atoms with Gasteiger partial charge in [-0.2, -0.15) is 0 Å². The van der Waals surface area contributed by atoms with Gasteiger partial charge in [0.05, 0.1) is 13.2 Å². The lowest BCUT2D eigenvalue weighted by molar-refractivity contribution is -0.123. The predicted octanol–water partition coefficient (Wildman–Crippen LogP) is 0.784. The minimum atomic E-state index is -0.402. The van der Waals surface area contributed by atoms with Crippen molar-refractivity contribution >= 4 is 11.9 Å². The quantitative estimate of drug-likeness (QED) is 0.772. The molecule has 1 rings (SSSR count). The van der Waals surface area contributed by atoms with Crippen LogP contribution in [-0.2, 0) is 9.53 Å². The highest BCUT2D eigenvalue weighted by Gasteiger charge is 2.29. The second-order valence-corrected chi connectivity index (χ2v) is 4.11. The average Bonchev–Trinajstić information content (AvgIpc) is 2.75. The van der Waals surface area contributed by atoms with Gasteiger partial charge >= 0.3 is 6.09 Å². The van der Waals surface area contributed by atoms with E-state index < -0.39 is 6.09 Å². The first-order valence-electron chi connectivity index (χ1n) is 5.69. The first kappa shape index (κ1) is 13.0. The molecular formula is C11H20N2O3. The molecular weight excluding hydrogens is 208 g/mol. The molecule has 1 aliphatic rings. The summed E-state index contributed by atoms with van der Waals surface area (Å²) in [7, 11) is 1.35. The number of methoxy groups -OCH3 is 1. The molecule has 1 amide bonds. The van der Waals surface area contributed by atoms with E-state index in [4.69, 9.17) is 0 Å². The van der Waals surface area contributed by atoms with E-state index >= 15 is 0 Å². The third-order valence-electron chi connectivity index (χ3n) is 3.09. The van der Waals surface area contributed by atoms with Crippen LogP contribution < -0.4 is 5.32 Å². The Bertz CT molecular complexity index is 268. The van der Waals surface area contributed by atoms with Crippen LogP contribution in [0, 0.1) is 0 Å². The Kier molecular flexibility index (Phi) is 4.73. The summed E-state index contributed by atoms with van der Waals surface area (Å²) in [6.45, 7) is 5.37. The highest BCUT2D eigenvalue weighted by atomic mass is 16.5. The lowest BCUT2D eigenvalue weighted by Gasteiger charge is -2.22. The summed E-state index contributed by atoms with van der Waals surface area (Å²) in [5, 5.41) is 2.76. The molecule has 5 heteroatoms. The number of Topliss-reactive ketones (excluding diaryl/α,β-unsaturated/α-hetero) is 1. The number of carbonyl (C=O) groups excluding carboxylic acids is 2. The summed E-state index contributed by atoms with van der Waals surface area (Å²) >= 11 is 0. The van der Waals surface area contributed by atoms with Crippen LogP contribution >= 0.6 is 0 Å². The second-order valence-electron chi connectivity index (χ2n) is 4.11. The molecule has 0 spiro atoms. The van der Waals surface area contributed by atoms with E-state index in [1.165, 1.54) is 7.11 Å². The fourth-order valence-electron chi connectivity index (χ4n) is 1.98. The van der Waals surface area contributed by atoms with Gasteiger partial charge in [0, 0.05) is 25.6 Å². The number of nitrogens with one attached hydrogen (secondary N) is 1. The van der Waals surface area contributed by atoms with Crippen LogP contribution in [0.3, 0.4) is 0 Å². The Morgan fingerprint density at radius 2 is 2.25 bits per heavy atom. The van der Waals surface area contributed by atoms with Crippen molar-refractivity contribution in [3.8, 4) is 0 Å². The van der Waals surface area contributed by atoms with Crippen molar-refractivity contribution in [2.24, 2.45) is 0 Å². The minimum Gasteiger partial charge on any atom is -0.453 e. The van der Waals surface area contributed by atoms with Gasteiger partial charge in [0.15, 0.2) is 0 Å². The van der Waals surface area contributed by atoms with Gasteiger partial charge in [-0.3, -0.25) is 9.69 Å². The number of amides is 1. The Labute approximate surface area is 96.1 Å². The highest BCUT2D eigenvalue weighted by molar-refractivity contribution is 5.83. The van der Waals surface area contributed by atoms with E-state index in [-0.39, 0.29) is 17.9 Å². The van der Waals surface area contributed by atoms with E-state index in [1.54, 1.807) is 0 Å². The van der Waals surface area contributed by atoms with Crippen molar-refractivity contribution in [3.63, 3.8) is 0 Å². The normalized spacial score (nSPS) is 22.8. The monoisotopic (exact) mass is 228 g/mol. The van der Waals surface area contributed by atoms with E-state index in [9.17, 15) is 9.59 Å². The van der Waals surface area contributed by atoms with Crippen molar-refractivity contribution in [1.82, 2.24) is 10.2 Å². The van der Waals surface area contributed by atoms with Crippen molar-refractivity contribution in [1.29, 1.82) is 0 Å². The number of ketones is 1. The number of ether oxygens (including phenoxy) is 1. The van der Waals surface area contributed by atoms with Crippen LogP contribution in [0.2, 0.25) is 0 Å². The first-order chi connectivity index (χ1) is 7.58. The molecule has 1 aliphatic heterocycles. The molecule has 0 aromatic rings. The van der Waals surface area contributed by atoms with Gasteiger partial charge in [0.25, 0.3) is 0 Å². The van der Waals surface area contributed by atoms with E-state index in [2.05, 4.69) is 15.0 Å². The van der Waals surface area contributed by atoms with Gasteiger partial charge in [0.2, 0.25) is 0 Å². The topological polar surface area (TPSA) is 58.6 Å². The van der Waals surface area contributed by atoms with Gasteiger partial charge in [0.1, 0.15) is 5.78 Å². The number of likely N-dealkylation sites (tertiary alicyclic amines) is 1. The molecule has 1 heterocycles. The molecule has 0 saturated carbocycles. The number of rotatable bonds is 4. The molecule has 1 N–H and O–H groups in total. The fraction of sp³-hybridized carbons (Fsp3) is 0.818. The maximum Gasteiger partial charge on any atom is 0.407 e. The zero-order chi connectivity index (χ0) is 12.1. The van der Waals surface area contributed by atoms with Gasteiger partial charge in [-0.25, -0.2) is 4.79 Å². The van der Waals surface area contributed by atoms with Crippen molar-refractivity contribution < 1.29 is 14.3 Å². The Morgan fingerprint density at radius 1 is 1.56 bits per heavy atom. The third kappa shape index (κ3) is 3.20. The molecule has 2 atom stereocenters. The van der Waals surface area contributed by atoms with Gasteiger partial charge < -0.3 is 10.1 Å². The molecule has 1 fully saturated rings. The molecule has 92 valence electrons. The summed E-state index contributed by atoms with van der Waals surface area (Å²) in [6.07, 6.45) is 1.03. The Hall–Kier alpha value is -1.10. The Balaban J connectivity index is 2.40. The van der Waals surface area contributed by atoms with Crippen LogP contribution in [-0.4, -0.2) is 49.1 Å². The summed E-state index contributed by atoms with van der Waals surface area (Å²) < 4.78 is 4.54. The largest absolute Gasteiger partial charge is 0.453 e. The van der Waals surface area contributed by atoms with Crippen molar-refractivity contribution in [2.75, 3.05) is 20.2 Å². The van der Waals surface area contributed by atoms with Crippen LogP contribution in [0.5, 0.6) is 0 Å². The SMILES string of the molecule is CCC(=O)C(C)N1CCC(NC(=O)OC)C1. The molecule has 5 nitrogen and oxygen atoms in total. The maximum atomic E-state index is 11.5. The summed E-state index contributed by atoms with van der Waals surface area (Å²) in [6, 6.07) is 0.0500. The molecule has 16 heavy (non-hydrogen) atoms. The number of carbonyl (C=O) groups is 2. The van der Waals surface area contributed by atoms with Crippen LogP contribution in [0.4, 0.5) is 4.79 Å². The zero-order valence-corrected chi connectivity index (χ0v) is 10.2. The van der Waals surface area contributed by atoms with E-state index in [0.717, 1.165) is 19.5 Å². The maximum absolute atomic E-state index is 11.5. The molecule has 0 aliphatic carbocycles. The summed E-state index contributed by atoms with van der Waals surface area (Å²) in [5.41, 5.74) is 0. The minimum absolute atomic E-state index is 0.0468. The van der Waals surface area contributed by atoms with Gasteiger partial charge in [-0.15, -0.1) is 0 Å². The van der Waals surface area contributed by atoms with Gasteiger partial charge in [-0.05, 0) is 13.3 Å². The predicted molar refractivity (Wildman–Crippen MR) is 60.3 cm³/mol. The molecule has 0 aromatic carbocycles. The third-order valence-corrected chi connectivity index (χ3v) is 3.09. The lowest BCUT2D eigenvalue weighted by atomic mass is 10.1. The highest BCUT2D eigenvalue weighted by Crippen LogP contribution is 2.14. The Morgan fingerprint density at radius 3 is 2.81 bits per heavy atom. The summed E-state index contributed by atoms with van der Waals surface area (Å²) in [4.78, 5) is 24.6. The standard InChI is InChI=1S/C11H20N2O3/c1-4-10(14)8(2)13-6-5-9(7-13)12-11(15)16-3/h8-9H,4-7H2,1-3H3,(H,12,15). The van der Waals surface area contributed by atoms with E-state index in [1.807, 2.05) is 13.8 Å². The molecule has 0 aromatic heterocycles. The number of hydrogen-bond acceptors (Lipinski definition) is 4. The summed E-state index contributed by atoms with van der Waals surface area (Å²) in [5.74, 6) is 0.249. The van der Waals surface area contributed by atoms with Crippen LogP contribution in [0.1, 0.15) is 26.7 Å². The van der Waals surface area contributed by atoms with Crippen LogP contribution in [0.25, 0.3) is 0 Å². The molecule has 2 unspecified atom stereocenters. The fourth-order valence-corrected chi connectivity index (χ4v) is 1.98. The molecule has 0 bridgehead atoms. The van der Waals surface area contributed by atoms with Crippen molar-refractivity contribution in [3.05, 3.63) is 0 Å². The first-order valence-corrected chi connectivity index (χ1v) is 5.69. The number of hydrogen-bond donors (Lipinski definition) is 1. The average molecular weight is 228 g/mol. The number of alkyl carbamates (subject to hydrolysis) is 1. The van der Waals surface area contributed by atoms with Gasteiger partial charge in [-0.1, -0.05) is 6.92 Å². The smallest absolute Gasteiger partial charge is 0.407 e. The number of nitrogens with zero attached hydrogens (tertiary/aromatic N) is 1. The lowest BCUT2D eigenvalue weighted by Crippen LogP contribution is -2.41. The van der Waals surface area contributed by atoms with E-state index in [0.29, 0.717) is 6.42 Å².